The summed E-state index contributed by atoms with van der Waals surface area (Å²) in [6.45, 7) is 3.88. The van der Waals surface area contributed by atoms with Gasteiger partial charge < -0.3 is 15.1 Å². The van der Waals surface area contributed by atoms with Crippen LogP contribution in [0.3, 0.4) is 0 Å². The number of rotatable bonds is 7. The van der Waals surface area contributed by atoms with Crippen molar-refractivity contribution in [3.63, 3.8) is 0 Å². The summed E-state index contributed by atoms with van der Waals surface area (Å²) in [6, 6.07) is 10.5. The molecule has 6 heteroatoms. The highest BCUT2D eigenvalue weighted by atomic mass is 127. The maximum absolute atomic E-state index is 5.40. The van der Waals surface area contributed by atoms with E-state index in [1.165, 1.54) is 25.7 Å². The number of furan rings is 1. The molecule has 1 fully saturated rings. The van der Waals surface area contributed by atoms with Crippen molar-refractivity contribution >= 4 is 29.9 Å². The Labute approximate surface area is 179 Å². The van der Waals surface area contributed by atoms with E-state index in [2.05, 4.69) is 28.6 Å². The van der Waals surface area contributed by atoms with E-state index in [0.29, 0.717) is 18.5 Å². The molecule has 0 saturated heterocycles. The van der Waals surface area contributed by atoms with Crippen LogP contribution in [-0.2, 0) is 12.8 Å². The first-order valence-electron chi connectivity index (χ1n) is 9.78. The maximum Gasteiger partial charge on any atom is 0.191 e. The molecule has 0 amide bonds. The number of guanidine groups is 1. The van der Waals surface area contributed by atoms with Gasteiger partial charge in [0.05, 0.1) is 6.26 Å². The number of nitrogens with zero attached hydrogens (tertiary/aromatic N) is 2. The summed E-state index contributed by atoms with van der Waals surface area (Å²) in [5, 5.41) is 7.14. The van der Waals surface area contributed by atoms with Gasteiger partial charge in [-0.25, -0.2) is 0 Å². The van der Waals surface area contributed by atoms with E-state index in [-0.39, 0.29) is 24.0 Å². The molecular weight excluding hydrogens is 451 g/mol. The summed E-state index contributed by atoms with van der Waals surface area (Å²) in [5.74, 6) is 2.58. The lowest BCUT2D eigenvalue weighted by Crippen LogP contribution is -2.47. The van der Waals surface area contributed by atoms with Crippen LogP contribution < -0.4 is 10.6 Å². The van der Waals surface area contributed by atoms with Crippen LogP contribution in [0.2, 0.25) is 0 Å². The topological polar surface area (TPSA) is 62.5 Å². The van der Waals surface area contributed by atoms with E-state index in [1.54, 1.807) is 6.26 Å². The molecule has 1 aliphatic carbocycles. The van der Waals surface area contributed by atoms with Crippen molar-refractivity contribution in [3.05, 3.63) is 54.2 Å². The average Bonchev–Trinajstić information content (AvgIpc) is 3.18. The molecule has 2 atom stereocenters. The summed E-state index contributed by atoms with van der Waals surface area (Å²) in [6.07, 6.45) is 10.4. The fourth-order valence-corrected chi connectivity index (χ4v) is 3.45. The number of aromatic nitrogens is 1. The number of halogens is 1. The van der Waals surface area contributed by atoms with Gasteiger partial charge in [-0.3, -0.25) is 9.98 Å². The van der Waals surface area contributed by atoms with Crippen LogP contribution in [0.15, 0.2) is 52.2 Å². The van der Waals surface area contributed by atoms with Crippen molar-refractivity contribution in [2.45, 2.75) is 51.5 Å². The zero-order chi connectivity index (χ0) is 18.0. The van der Waals surface area contributed by atoms with Crippen LogP contribution in [-0.4, -0.2) is 30.1 Å². The van der Waals surface area contributed by atoms with Gasteiger partial charge >= 0.3 is 0 Å². The molecule has 1 saturated carbocycles. The molecule has 3 rings (SSSR count). The average molecular weight is 482 g/mol. The molecule has 2 aromatic rings. The van der Waals surface area contributed by atoms with Crippen LogP contribution in [0.5, 0.6) is 0 Å². The Kier molecular flexibility index (Phi) is 9.66. The molecule has 0 radical (unpaired) electrons. The number of nitrogens with one attached hydrogen (secondary N) is 2. The van der Waals surface area contributed by atoms with Gasteiger partial charge in [0, 0.05) is 43.9 Å². The zero-order valence-corrected chi connectivity index (χ0v) is 18.4. The molecule has 2 heterocycles. The second-order valence-corrected chi connectivity index (χ2v) is 7.07. The van der Waals surface area contributed by atoms with Crippen molar-refractivity contribution in [2.24, 2.45) is 10.9 Å². The third-order valence-corrected chi connectivity index (χ3v) is 5.04. The quantitative estimate of drug-likeness (QED) is 0.353. The van der Waals surface area contributed by atoms with E-state index >= 15 is 0 Å². The number of hydrogen-bond acceptors (Lipinski definition) is 3. The molecule has 5 nitrogen and oxygen atoms in total. The Morgan fingerprint density at radius 2 is 2.07 bits per heavy atom. The molecule has 0 aliphatic heterocycles. The van der Waals surface area contributed by atoms with E-state index in [0.717, 1.165) is 36.8 Å². The van der Waals surface area contributed by atoms with Gasteiger partial charge in [-0.15, -0.1) is 24.0 Å². The lowest BCUT2D eigenvalue weighted by atomic mass is 9.86. The molecule has 27 heavy (non-hydrogen) atoms. The maximum atomic E-state index is 5.40. The summed E-state index contributed by atoms with van der Waals surface area (Å²) >= 11 is 0. The van der Waals surface area contributed by atoms with Crippen molar-refractivity contribution in [3.8, 4) is 0 Å². The van der Waals surface area contributed by atoms with Gasteiger partial charge in [0.25, 0.3) is 0 Å². The molecule has 0 bridgehead atoms. The predicted molar refractivity (Wildman–Crippen MR) is 121 cm³/mol. The number of hydrogen-bond donors (Lipinski definition) is 2. The highest BCUT2D eigenvalue weighted by Gasteiger charge is 2.22. The summed E-state index contributed by atoms with van der Waals surface area (Å²) in [5.41, 5.74) is 1.10. The Morgan fingerprint density at radius 3 is 2.81 bits per heavy atom. The largest absolute Gasteiger partial charge is 0.469 e. The van der Waals surface area contributed by atoms with E-state index in [1.807, 2.05) is 30.5 Å². The Morgan fingerprint density at radius 1 is 1.19 bits per heavy atom. The Balaban J connectivity index is 0.00000261. The first-order valence-corrected chi connectivity index (χ1v) is 9.78. The lowest BCUT2D eigenvalue weighted by molar-refractivity contribution is 0.306. The monoisotopic (exact) mass is 482 g/mol. The Hall–Kier alpha value is -1.57. The normalized spacial score (nSPS) is 20.0. The highest BCUT2D eigenvalue weighted by Crippen LogP contribution is 2.23. The summed E-state index contributed by atoms with van der Waals surface area (Å²) < 4.78 is 5.40. The van der Waals surface area contributed by atoms with Gasteiger partial charge in [0.2, 0.25) is 0 Å². The fraction of sp³-hybridized carbons (Fsp3) is 0.524. The van der Waals surface area contributed by atoms with Crippen LogP contribution in [0.1, 0.15) is 44.1 Å². The molecule has 2 N–H and O–H groups in total. The summed E-state index contributed by atoms with van der Waals surface area (Å²) in [7, 11) is 0. The van der Waals surface area contributed by atoms with Crippen molar-refractivity contribution in [2.75, 3.05) is 13.1 Å². The molecular formula is C21H31IN4O. The van der Waals surface area contributed by atoms with E-state index in [4.69, 9.17) is 9.41 Å². The first-order chi connectivity index (χ1) is 12.8. The van der Waals surface area contributed by atoms with Crippen LogP contribution in [0.25, 0.3) is 0 Å². The van der Waals surface area contributed by atoms with Gasteiger partial charge in [0.1, 0.15) is 5.76 Å². The molecule has 2 unspecified atom stereocenters. The smallest absolute Gasteiger partial charge is 0.191 e. The van der Waals surface area contributed by atoms with Gasteiger partial charge in [-0.2, -0.15) is 0 Å². The second-order valence-electron chi connectivity index (χ2n) is 7.07. The van der Waals surface area contributed by atoms with Crippen molar-refractivity contribution in [1.29, 1.82) is 0 Å². The fourth-order valence-electron chi connectivity index (χ4n) is 3.45. The number of aliphatic imine (C=N–C) groups is 1. The third-order valence-electron chi connectivity index (χ3n) is 5.04. The zero-order valence-electron chi connectivity index (χ0n) is 16.1. The molecule has 0 aromatic carbocycles. The summed E-state index contributed by atoms with van der Waals surface area (Å²) in [4.78, 5) is 9.16. The van der Waals surface area contributed by atoms with Crippen molar-refractivity contribution in [1.82, 2.24) is 15.6 Å². The van der Waals surface area contributed by atoms with Crippen LogP contribution in [0, 0.1) is 5.92 Å². The Bertz CT molecular complexity index is 660. The first kappa shape index (κ1) is 21.7. The van der Waals surface area contributed by atoms with Crippen molar-refractivity contribution < 1.29 is 4.42 Å². The minimum absolute atomic E-state index is 0. The minimum Gasteiger partial charge on any atom is -0.469 e. The molecule has 1 aliphatic rings. The minimum atomic E-state index is 0. The van der Waals surface area contributed by atoms with Crippen LogP contribution >= 0.6 is 24.0 Å². The number of pyridine rings is 1. The molecule has 148 valence electrons. The second kappa shape index (κ2) is 12.0. The predicted octanol–water partition coefficient (Wildman–Crippen LogP) is 4.19. The van der Waals surface area contributed by atoms with Gasteiger partial charge in [-0.05, 0) is 43.0 Å². The van der Waals surface area contributed by atoms with Crippen LogP contribution in [0.4, 0.5) is 0 Å². The van der Waals surface area contributed by atoms with E-state index < -0.39 is 0 Å². The highest BCUT2D eigenvalue weighted by molar-refractivity contribution is 14.0. The molecule has 0 spiro atoms. The van der Waals surface area contributed by atoms with Gasteiger partial charge in [0.15, 0.2) is 5.96 Å². The lowest BCUT2D eigenvalue weighted by Gasteiger charge is -2.31. The SMILES string of the molecule is CC1CCCCC1NC(=NCCc1ccco1)NCCc1ccccn1.I. The third kappa shape index (κ3) is 7.52. The standard InChI is InChI=1S/C21H30N4O.HI/c1-17-7-2-3-10-20(17)25-21(24-15-12-19-9-6-16-26-19)23-14-11-18-8-4-5-13-22-18;/h4-6,8-9,13,16-17,20H,2-3,7,10-12,14-15H2,1H3,(H2,23,24,25);1H. The molecule has 2 aromatic heterocycles. The van der Waals surface area contributed by atoms with Gasteiger partial charge in [-0.1, -0.05) is 25.8 Å². The van der Waals surface area contributed by atoms with E-state index in [9.17, 15) is 0 Å².